The van der Waals surface area contributed by atoms with Crippen LogP contribution in [-0.2, 0) is 4.79 Å². The summed E-state index contributed by atoms with van der Waals surface area (Å²) < 4.78 is 0. The predicted molar refractivity (Wildman–Crippen MR) is 24.9 cm³/mol. The van der Waals surface area contributed by atoms with Gasteiger partial charge in [-0.15, -0.1) is 4.83 Å². The average Bonchev–Trinajstić information content (AvgIpc) is 1.87. The Morgan fingerprint density at radius 2 is 2.71 bits per heavy atom. The van der Waals surface area contributed by atoms with Gasteiger partial charge in [0.05, 0.1) is 11.9 Å². The van der Waals surface area contributed by atoms with Gasteiger partial charge in [-0.2, -0.15) is 0 Å². The van der Waals surface area contributed by atoms with Crippen molar-refractivity contribution >= 4 is 17.1 Å². The van der Waals surface area contributed by atoms with Gasteiger partial charge in [-0.05, 0) is 0 Å². The van der Waals surface area contributed by atoms with Crippen LogP contribution in [0.5, 0.6) is 0 Å². The van der Waals surface area contributed by atoms with E-state index in [9.17, 15) is 10.0 Å². The second-order valence-corrected chi connectivity index (χ2v) is 2.04. The molecule has 40 valence electrons. The van der Waals surface area contributed by atoms with Crippen LogP contribution in [0.25, 0.3) is 0 Å². The van der Waals surface area contributed by atoms with Crippen LogP contribution in [0.1, 0.15) is 0 Å². The number of quaternary nitrogens is 1. The van der Waals surface area contributed by atoms with E-state index in [1.165, 1.54) is 0 Å². The van der Waals surface area contributed by atoms with E-state index in [0.29, 0.717) is 0 Å². The van der Waals surface area contributed by atoms with Crippen molar-refractivity contribution in [3.8, 4) is 0 Å². The molecule has 5 heteroatoms. The minimum absolute atomic E-state index is 0.0463. The van der Waals surface area contributed by atoms with Gasteiger partial charge in [-0.1, -0.05) is 0 Å². The van der Waals surface area contributed by atoms with Gasteiger partial charge in [-0.3, -0.25) is 9.97 Å². The maximum atomic E-state index is 10.1. The Morgan fingerprint density at radius 1 is 2.00 bits per heavy atom. The highest BCUT2D eigenvalue weighted by atomic mass is 32.2. The van der Waals surface area contributed by atoms with E-state index in [0.717, 1.165) is 11.9 Å². The zero-order valence-electron chi connectivity index (χ0n) is 3.43. The maximum Gasteiger partial charge on any atom is 0.264 e. The third kappa shape index (κ3) is 1.13. The molecule has 0 aromatic rings. The summed E-state index contributed by atoms with van der Waals surface area (Å²) in [6, 6.07) is 0. The molecular formula is C2H4N2O2S. The van der Waals surface area contributed by atoms with Crippen molar-refractivity contribution in [3.63, 3.8) is 0 Å². The normalized spacial score (nSPS) is 31.6. The second-order valence-electron chi connectivity index (χ2n) is 1.18. The maximum absolute atomic E-state index is 10.1. The van der Waals surface area contributed by atoms with Crippen molar-refractivity contribution < 1.29 is 9.97 Å². The third-order valence-electron chi connectivity index (χ3n) is 0.584. The summed E-state index contributed by atoms with van der Waals surface area (Å²) in [7, 11) is 0. The lowest BCUT2D eigenvalue weighted by Crippen LogP contribution is -3.11. The van der Waals surface area contributed by atoms with E-state index in [-0.39, 0.29) is 16.8 Å². The molecule has 1 aliphatic rings. The molecule has 7 heavy (non-hydrogen) atoms. The molecule has 0 bridgehead atoms. The Hall–Kier alpha value is -0.100. The van der Waals surface area contributed by atoms with E-state index < -0.39 is 0 Å². The fraction of sp³-hybridized carbons (Fsp3) is 0.500. The number of nitrogens with one attached hydrogen (secondary N) is 2. The Kier molecular flexibility index (Phi) is 1.29. The molecule has 1 rings (SSSR count). The zero-order valence-corrected chi connectivity index (χ0v) is 4.25. The van der Waals surface area contributed by atoms with Crippen LogP contribution >= 0.6 is 11.9 Å². The van der Waals surface area contributed by atoms with Gasteiger partial charge in [0, 0.05) is 0 Å². The molecule has 0 aromatic heterocycles. The van der Waals surface area contributed by atoms with Crippen molar-refractivity contribution in [3.05, 3.63) is 5.21 Å². The molecule has 1 saturated heterocycles. The standard InChI is InChI=1S/C2H4N2O2S/c5-2-1-4(6)3-7-2/h3-4H,1H2. The number of hydrogen-bond donors (Lipinski definition) is 2. The third-order valence-corrected chi connectivity index (χ3v) is 1.29. The molecule has 1 heterocycles. The molecule has 0 aromatic carbocycles. The van der Waals surface area contributed by atoms with E-state index >= 15 is 0 Å². The minimum atomic E-state index is -0.185. The SMILES string of the molecule is O=C1C[NH+]([O-])NS1. The lowest BCUT2D eigenvalue weighted by Gasteiger charge is -2.08. The molecule has 4 nitrogen and oxygen atoms in total. The summed E-state index contributed by atoms with van der Waals surface area (Å²) in [5.74, 6) is 0. The van der Waals surface area contributed by atoms with Gasteiger partial charge in [0.25, 0.3) is 5.12 Å². The Morgan fingerprint density at radius 3 is 2.86 bits per heavy atom. The topological polar surface area (TPSA) is 56.6 Å². The molecule has 0 aliphatic carbocycles. The van der Waals surface area contributed by atoms with Gasteiger partial charge in [-0.25, -0.2) is 0 Å². The monoisotopic (exact) mass is 120 g/mol. The summed E-state index contributed by atoms with van der Waals surface area (Å²) in [5, 5.41) is 9.82. The van der Waals surface area contributed by atoms with Crippen molar-refractivity contribution in [2.45, 2.75) is 0 Å². The average molecular weight is 120 g/mol. The summed E-state index contributed by atoms with van der Waals surface area (Å²) in [6.07, 6.45) is 0. The van der Waals surface area contributed by atoms with Gasteiger partial charge in [0.15, 0.2) is 6.54 Å². The largest absolute Gasteiger partial charge is 0.612 e. The van der Waals surface area contributed by atoms with Gasteiger partial charge in [0.1, 0.15) is 0 Å². The number of hydrogen-bond acceptors (Lipinski definition) is 4. The first-order valence-electron chi connectivity index (χ1n) is 1.77. The molecule has 1 atom stereocenters. The van der Waals surface area contributed by atoms with Crippen molar-refractivity contribution in [2.24, 2.45) is 0 Å². The number of hydroxylamine groups is 1. The lowest BCUT2D eigenvalue weighted by atomic mass is 10.8. The second kappa shape index (κ2) is 1.79. The van der Waals surface area contributed by atoms with Crippen LogP contribution in [0.15, 0.2) is 0 Å². The summed E-state index contributed by atoms with van der Waals surface area (Å²) in [5.41, 5.74) is 0. The Balaban J connectivity index is 2.40. The lowest BCUT2D eigenvalue weighted by molar-refractivity contribution is -0.866. The number of carbonyl (C=O) groups excluding carboxylic acids is 1. The highest BCUT2D eigenvalue weighted by molar-refractivity contribution is 8.12. The molecule has 0 spiro atoms. The molecule has 1 unspecified atom stereocenters. The highest BCUT2D eigenvalue weighted by Crippen LogP contribution is 1.92. The molecule has 2 N–H and O–H groups in total. The fourth-order valence-corrected chi connectivity index (χ4v) is 0.820. The summed E-state index contributed by atoms with van der Waals surface area (Å²) >= 11 is 0.867. The van der Waals surface area contributed by atoms with Crippen LogP contribution in [0, 0.1) is 5.21 Å². The quantitative estimate of drug-likeness (QED) is 0.288. The van der Waals surface area contributed by atoms with Crippen LogP contribution in [0.3, 0.4) is 0 Å². The van der Waals surface area contributed by atoms with E-state index in [1.54, 1.807) is 0 Å². The summed E-state index contributed by atoms with van der Waals surface area (Å²) in [6.45, 7) is 0.0463. The predicted octanol–water partition coefficient (Wildman–Crippen LogP) is -1.94. The first-order valence-corrected chi connectivity index (χ1v) is 2.59. The molecule has 0 saturated carbocycles. The van der Waals surface area contributed by atoms with Crippen LogP contribution in [0.2, 0.25) is 0 Å². The molecule has 1 fully saturated rings. The first kappa shape index (κ1) is 5.04. The van der Waals surface area contributed by atoms with E-state index in [2.05, 4.69) is 4.83 Å². The Labute approximate surface area is 44.5 Å². The van der Waals surface area contributed by atoms with Crippen molar-refractivity contribution in [1.29, 1.82) is 0 Å². The fourth-order valence-electron chi connectivity index (χ4n) is 0.317. The van der Waals surface area contributed by atoms with Crippen molar-refractivity contribution in [2.75, 3.05) is 6.54 Å². The van der Waals surface area contributed by atoms with Crippen LogP contribution < -0.4 is 10.0 Å². The molecule has 0 radical (unpaired) electrons. The van der Waals surface area contributed by atoms with Gasteiger partial charge < -0.3 is 5.21 Å². The Bertz CT molecular complexity index is 95.7. The van der Waals surface area contributed by atoms with E-state index in [1.807, 2.05) is 0 Å². The minimum Gasteiger partial charge on any atom is -0.612 e. The van der Waals surface area contributed by atoms with Gasteiger partial charge >= 0.3 is 0 Å². The molecular weight excluding hydrogens is 116 g/mol. The van der Waals surface area contributed by atoms with Gasteiger partial charge in [0.2, 0.25) is 0 Å². The smallest absolute Gasteiger partial charge is 0.264 e. The molecule has 0 amide bonds. The molecule has 1 aliphatic heterocycles. The van der Waals surface area contributed by atoms with E-state index in [4.69, 9.17) is 0 Å². The van der Waals surface area contributed by atoms with Crippen LogP contribution in [0.4, 0.5) is 0 Å². The highest BCUT2D eigenvalue weighted by Gasteiger charge is 2.16. The van der Waals surface area contributed by atoms with Crippen molar-refractivity contribution in [1.82, 2.24) is 4.83 Å². The summed E-state index contributed by atoms with van der Waals surface area (Å²) in [4.78, 5) is 12.4. The first-order chi connectivity index (χ1) is 3.29. The zero-order chi connectivity index (χ0) is 5.28. The van der Waals surface area contributed by atoms with Crippen LogP contribution in [-0.4, -0.2) is 11.7 Å². The number of carbonyl (C=O) groups is 1. The number of rotatable bonds is 0.